The van der Waals surface area contributed by atoms with Gasteiger partial charge in [-0.3, -0.25) is 0 Å². The molecule has 0 atom stereocenters. The second kappa shape index (κ2) is 6.39. The topological polar surface area (TPSA) is 35.2 Å². The first-order valence-corrected chi connectivity index (χ1v) is 6.80. The minimum absolute atomic E-state index is 0.527. The molecule has 0 aliphatic rings. The molecule has 3 heteroatoms. The minimum Gasteiger partial charge on any atom is -0.497 e. The van der Waals surface area contributed by atoms with Crippen molar-refractivity contribution in [1.82, 2.24) is 0 Å². The Morgan fingerprint density at radius 1 is 1.14 bits per heavy atom. The number of ether oxygens (including phenoxy) is 1. The molecule has 0 fully saturated rings. The number of rotatable bonds is 2. The predicted octanol–water partition coefficient (Wildman–Crippen LogP) is 4.25. The van der Waals surface area contributed by atoms with E-state index in [9.17, 15) is 0 Å². The van der Waals surface area contributed by atoms with Crippen LogP contribution in [0.25, 0.3) is 5.76 Å². The van der Waals surface area contributed by atoms with Crippen molar-refractivity contribution in [1.29, 1.82) is 0 Å². The summed E-state index contributed by atoms with van der Waals surface area (Å²) in [6.45, 7) is 5.86. The van der Waals surface area contributed by atoms with Crippen LogP contribution in [0.1, 0.15) is 22.3 Å². The zero-order chi connectivity index (χ0) is 15.4. The second-order valence-electron chi connectivity index (χ2n) is 4.66. The molecular formula is C18H16ClNO. The lowest BCUT2D eigenvalue weighted by Crippen LogP contribution is -1.92. The highest BCUT2D eigenvalue weighted by Gasteiger charge is 2.06. The number of benzene rings is 2. The Bertz CT molecular complexity index is 754. The number of methoxy groups -OCH3 is 1. The highest BCUT2D eigenvalue weighted by Crippen LogP contribution is 2.22. The summed E-state index contributed by atoms with van der Waals surface area (Å²) >= 11 is 6.02. The molecule has 0 saturated heterocycles. The highest BCUT2D eigenvalue weighted by molar-refractivity contribution is 6.30. The molecule has 0 aliphatic heterocycles. The smallest absolute Gasteiger partial charge is 0.120 e. The van der Waals surface area contributed by atoms with E-state index in [4.69, 9.17) is 22.1 Å². The molecule has 0 radical (unpaired) electrons. The fourth-order valence-electron chi connectivity index (χ4n) is 1.88. The van der Waals surface area contributed by atoms with Gasteiger partial charge in [0, 0.05) is 27.4 Å². The molecule has 2 nitrogen and oxygen atoms in total. The van der Waals surface area contributed by atoms with Crippen LogP contribution in [0, 0.1) is 18.8 Å². The Hall–Kier alpha value is -2.37. The van der Waals surface area contributed by atoms with Gasteiger partial charge in [0.25, 0.3) is 0 Å². The van der Waals surface area contributed by atoms with Crippen LogP contribution in [-0.2, 0) is 4.74 Å². The maximum Gasteiger partial charge on any atom is 0.120 e. The number of halogens is 1. The summed E-state index contributed by atoms with van der Waals surface area (Å²) in [7, 11) is 1.57. The quantitative estimate of drug-likeness (QED) is 0.511. The average Bonchev–Trinajstić information content (AvgIpc) is 2.48. The van der Waals surface area contributed by atoms with E-state index in [1.54, 1.807) is 19.2 Å². The standard InChI is InChI=1S/C18H16ClNO/c1-12-4-9-18(20)15(10-12)6-5-14-7-8-16(19)11-17(14)13(2)21-3/h4,7-11H,2,20H2,1,3H3. The van der Waals surface area contributed by atoms with Crippen molar-refractivity contribution in [3.05, 3.63) is 70.3 Å². The summed E-state index contributed by atoms with van der Waals surface area (Å²) in [6.07, 6.45) is 0. The molecule has 2 N–H and O–H groups in total. The molecule has 0 heterocycles. The molecule has 0 amide bonds. The van der Waals surface area contributed by atoms with Crippen molar-refractivity contribution in [2.45, 2.75) is 6.92 Å². The van der Waals surface area contributed by atoms with Crippen LogP contribution < -0.4 is 5.73 Å². The molecule has 0 bridgehead atoms. The molecule has 2 aromatic rings. The molecule has 2 aromatic carbocycles. The Kier molecular flexibility index (Phi) is 4.57. The van der Waals surface area contributed by atoms with Crippen molar-refractivity contribution in [3.8, 4) is 11.8 Å². The largest absolute Gasteiger partial charge is 0.497 e. The third-order valence-corrected chi connectivity index (χ3v) is 3.30. The minimum atomic E-state index is 0.527. The SMILES string of the molecule is C=C(OC)c1cc(Cl)ccc1C#Cc1cc(C)ccc1N. The van der Waals surface area contributed by atoms with Crippen molar-refractivity contribution in [2.75, 3.05) is 12.8 Å². The van der Waals surface area contributed by atoms with Gasteiger partial charge in [-0.1, -0.05) is 36.1 Å². The average molecular weight is 298 g/mol. The van der Waals surface area contributed by atoms with Crippen LogP contribution in [0.2, 0.25) is 5.02 Å². The summed E-state index contributed by atoms with van der Waals surface area (Å²) in [5.74, 6) is 6.73. The van der Waals surface area contributed by atoms with Gasteiger partial charge >= 0.3 is 0 Å². The first-order valence-electron chi connectivity index (χ1n) is 6.42. The van der Waals surface area contributed by atoms with Gasteiger partial charge in [0.15, 0.2) is 0 Å². The van der Waals surface area contributed by atoms with Gasteiger partial charge in [0.05, 0.1) is 7.11 Å². The van der Waals surface area contributed by atoms with Gasteiger partial charge in [-0.05, 0) is 42.8 Å². The molecule has 0 unspecified atom stereocenters. The normalized spacial score (nSPS) is 9.67. The third kappa shape index (κ3) is 3.59. The molecule has 2 rings (SSSR count). The number of hydrogen-bond acceptors (Lipinski definition) is 2. The van der Waals surface area contributed by atoms with Crippen LogP contribution in [-0.4, -0.2) is 7.11 Å². The number of nitrogens with two attached hydrogens (primary N) is 1. The van der Waals surface area contributed by atoms with Crippen LogP contribution >= 0.6 is 11.6 Å². The zero-order valence-electron chi connectivity index (χ0n) is 12.0. The monoisotopic (exact) mass is 297 g/mol. The lowest BCUT2D eigenvalue weighted by Gasteiger charge is -2.07. The fraction of sp³-hybridized carbons (Fsp3) is 0.111. The van der Waals surface area contributed by atoms with Crippen molar-refractivity contribution < 1.29 is 4.74 Å². The van der Waals surface area contributed by atoms with Gasteiger partial charge in [0.2, 0.25) is 0 Å². The Balaban J connectivity index is 2.47. The van der Waals surface area contributed by atoms with E-state index in [2.05, 4.69) is 18.4 Å². The van der Waals surface area contributed by atoms with Crippen molar-refractivity contribution in [3.63, 3.8) is 0 Å². The van der Waals surface area contributed by atoms with Gasteiger partial charge in [0.1, 0.15) is 5.76 Å². The van der Waals surface area contributed by atoms with Crippen LogP contribution in [0.5, 0.6) is 0 Å². The van der Waals surface area contributed by atoms with Gasteiger partial charge in [-0.25, -0.2) is 0 Å². The Morgan fingerprint density at radius 3 is 2.57 bits per heavy atom. The van der Waals surface area contributed by atoms with E-state index < -0.39 is 0 Å². The predicted molar refractivity (Wildman–Crippen MR) is 89.1 cm³/mol. The van der Waals surface area contributed by atoms with Crippen molar-refractivity contribution >= 4 is 23.0 Å². The summed E-state index contributed by atoms with van der Waals surface area (Å²) in [5, 5.41) is 0.615. The number of aryl methyl sites for hydroxylation is 1. The number of anilines is 1. The van der Waals surface area contributed by atoms with Crippen molar-refractivity contribution in [2.24, 2.45) is 0 Å². The van der Waals surface area contributed by atoms with Crippen LogP contribution in [0.15, 0.2) is 43.0 Å². The zero-order valence-corrected chi connectivity index (χ0v) is 12.8. The lowest BCUT2D eigenvalue weighted by molar-refractivity contribution is 0.371. The van der Waals surface area contributed by atoms with Crippen LogP contribution in [0.3, 0.4) is 0 Å². The summed E-state index contributed by atoms with van der Waals surface area (Å²) in [4.78, 5) is 0. The van der Waals surface area contributed by atoms with Gasteiger partial charge in [-0.2, -0.15) is 0 Å². The summed E-state index contributed by atoms with van der Waals surface area (Å²) < 4.78 is 5.18. The fourth-order valence-corrected chi connectivity index (χ4v) is 2.05. The first kappa shape index (κ1) is 15.0. The van der Waals surface area contributed by atoms with E-state index in [1.807, 2.05) is 31.2 Å². The summed E-state index contributed by atoms with van der Waals surface area (Å²) in [5.41, 5.74) is 10.1. The molecule has 0 aliphatic carbocycles. The molecule has 21 heavy (non-hydrogen) atoms. The van der Waals surface area contributed by atoms with Gasteiger partial charge in [-0.15, -0.1) is 0 Å². The van der Waals surface area contributed by atoms with E-state index in [0.717, 1.165) is 22.3 Å². The highest BCUT2D eigenvalue weighted by atomic mass is 35.5. The number of hydrogen-bond donors (Lipinski definition) is 1. The van der Waals surface area contributed by atoms with E-state index in [1.165, 1.54) is 0 Å². The summed E-state index contributed by atoms with van der Waals surface area (Å²) in [6, 6.07) is 11.2. The molecule has 106 valence electrons. The third-order valence-electron chi connectivity index (χ3n) is 3.07. The molecule has 0 aromatic heterocycles. The van der Waals surface area contributed by atoms with E-state index in [0.29, 0.717) is 16.5 Å². The van der Waals surface area contributed by atoms with E-state index in [-0.39, 0.29) is 0 Å². The first-order chi connectivity index (χ1) is 10.0. The van der Waals surface area contributed by atoms with Gasteiger partial charge < -0.3 is 10.5 Å². The van der Waals surface area contributed by atoms with Crippen LogP contribution in [0.4, 0.5) is 5.69 Å². The second-order valence-corrected chi connectivity index (χ2v) is 5.09. The van der Waals surface area contributed by atoms with E-state index >= 15 is 0 Å². The Labute approximate surface area is 130 Å². The maximum atomic E-state index is 6.02. The Morgan fingerprint density at radius 2 is 1.86 bits per heavy atom. The molecule has 0 spiro atoms. The number of nitrogen functional groups attached to an aromatic ring is 1. The molecular weight excluding hydrogens is 282 g/mol. The molecule has 0 saturated carbocycles. The maximum absolute atomic E-state index is 6.02. The lowest BCUT2D eigenvalue weighted by atomic mass is 10.0.